The van der Waals surface area contributed by atoms with Crippen molar-refractivity contribution in [2.24, 2.45) is 9.98 Å². The predicted octanol–water partition coefficient (Wildman–Crippen LogP) is 4.84. The van der Waals surface area contributed by atoms with E-state index < -0.39 is 11.7 Å². The molecule has 0 unspecified atom stereocenters. The minimum atomic E-state index is -4.37. The zero-order valence-electron chi connectivity index (χ0n) is 9.72. The van der Waals surface area contributed by atoms with Crippen LogP contribution in [-0.2, 0) is 6.18 Å². The molecule has 0 aliphatic heterocycles. The molecule has 2 rings (SSSR count). The van der Waals surface area contributed by atoms with Gasteiger partial charge in [-0.05, 0) is 30.3 Å². The maximum absolute atomic E-state index is 12.5. The molecule has 0 radical (unpaired) electrons. The number of benzene rings is 2. The predicted molar refractivity (Wildman–Crippen MR) is 67.1 cm³/mol. The smallest absolute Gasteiger partial charge is 0.188 e. The van der Waals surface area contributed by atoms with Gasteiger partial charge in [-0.15, -0.1) is 0 Å². The topological polar surface area (TPSA) is 24.7 Å². The van der Waals surface area contributed by atoms with E-state index in [1.54, 1.807) is 24.3 Å². The lowest BCUT2D eigenvalue weighted by Crippen LogP contribution is -2.03. The number of aliphatic imine (C=N–C) groups is 2. The van der Waals surface area contributed by atoms with Crippen LogP contribution in [0.3, 0.4) is 0 Å². The first-order valence-electron chi connectivity index (χ1n) is 5.44. The van der Waals surface area contributed by atoms with Crippen molar-refractivity contribution in [3.05, 3.63) is 60.2 Å². The maximum Gasteiger partial charge on any atom is 0.416 e. The van der Waals surface area contributed by atoms with Crippen LogP contribution >= 0.6 is 0 Å². The molecule has 0 spiro atoms. The number of hydrogen-bond donors (Lipinski definition) is 0. The van der Waals surface area contributed by atoms with Crippen molar-refractivity contribution in [2.75, 3.05) is 0 Å². The highest BCUT2D eigenvalue weighted by atomic mass is 19.4. The Balaban J connectivity index is 2.22. The van der Waals surface area contributed by atoms with E-state index in [1.807, 2.05) is 6.07 Å². The first kappa shape index (κ1) is 13.1. The molecule has 0 saturated heterocycles. The molecular weight excluding hydrogens is 253 g/mol. The summed E-state index contributed by atoms with van der Waals surface area (Å²) >= 11 is 0. The molecule has 0 aromatic heterocycles. The van der Waals surface area contributed by atoms with E-state index in [1.165, 1.54) is 12.1 Å². The summed E-state index contributed by atoms with van der Waals surface area (Å²) in [6, 6.07) is 16.0. The molecule has 0 bridgehead atoms. The molecule has 2 aromatic rings. The number of hydrogen-bond acceptors (Lipinski definition) is 2. The van der Waals surface area contributed by atoms with Gasteiger partial charge in [0, 0.05) is 0 Å². The fourth-order valence-corrected chi connectivity index (χ4v) is 1.39. The van der Waals surface area contributed by atoms with Crippen molar-refractivity contribution in [3.63, 3.8) is 0 Å². The number of para-hydroxylation sites is 1. The SMILES string of the molecule is FC(F)(F)c1cccc(N=C=Nc2ccccc2)c1. The minimum absolute atomic E-state index is 0.162. The highest BCUT2D eigenvalue weighted by molar-refractivity contribution is 5.58. The monoisotopic (exact) mass is 262 g/mol. The zero-order chi connectivity index (χ0) is 13.7. The van der Waals surface area contributed by atoms with Gasteiger partial charge in [0.15, 0.2) is 0 Å². The minimum Gasteiger partial charge on any atom is -0.188 e. The van der Waals surface area contributed by atoms with E-state index in [-0.39, 0.29) is 5.69 Å². The Morgan fingerprint density at radius 3 is 2.11 bits per heavy atom. The fraction of sp³-hybridized carbons (Fsp3) is 0.0714. The summed E-state index contributed by atoms with van der Waals surface area (Å²) in [5.41, 5.74) is 0.0583. The lowest BCUT2D eigenvalue weighted by molar-refractivity contribution is -0.137. The molecule has 0 amide bonds. The van der Waals surface area contributed by atoms with E-state index in [0.717, 1.165) is 12.1 Å². The van der Waals surface area contributed by atoms with Crippen molar-refractivity contribution in [1.29, 1.82) is 0 Å². The van der Waals surface area contributed by atoms with E-state index in [2.05, 4.69) is 16.0 Å². The van der Waals surface area contributed by atoms with Crippen LogP contribution in [-0.4, -0.2) is 6.01 Å². The average molecular weight is 262 g/mol. The van der Waals surface area contributed by atoms with Crippen LogP contribution in [0.25, 0.3) is 0 Å². The van der Waals surface area contributed by atoms with Crippen LogP contribution in [0.1, 0.15) is 5.56 Å². The first-order valence-corrected chi connectivity index (χ1v) is 5.44. The highest BCUT2D eigenvalue weighted by Crippen LogP contribution is 2.31. The third-order valence-electron chi connectivity index (χ3n) is 2.29. The number of nitrogens with zero attached hydrogens (tertiary/aromatic N) is 2. The van der Waals surface area contributed by atoms with Gasteiger partial charge in [0.1, 0.15) is 6.01 Å². The molecule has 0 saturated carbocycles. The molecule has 5 heteroatoms. The van der Waals surface area contributed by atoms with Crippen LogP contribution in [0, 0.1) is 0 Å². The quantitative estimate of drug-likeness (QED) is 0.692. The molecule has 0 atom stereocenters. The average Bonchev–Trinajstić information content (AvgIpc) is 2.39. The second kappa shape index (κ2) is 5.50. The van der Waals surface area contributed by atoms with Gasteiger partial charge in [0.05, 0.1) is 16.9 Å². The molecule has 2 aromatic carbocycles. The van der Waals surface area contributed by atoms with Gasteiger partial charge in [0.25, 0.3) is 0 Å². The van der Waals surface area contributed by atoms with Crippen LogP contribution < -0.4 is 0 Å². The summed E-state index contributed by atoms with van der Waals surface area (Å²) in [5, 5.41) is 0. The summed E-state index contributed by atoms with van der Waals surface area (Å²) in [5.74, 6) is 0. The summed E-state index contributed by atoms with van der Waals surface area (Å²) in [4.78, 5) is 7.65. The fourth-order valence-electron chi connectivity index (χ4n) is 1.39. The molecule has 0 aliphatic rings. The molecule has 0 heterocycles. The first-order chi connectivity index (χ1) is 9.05. The van der Waals surface area contributed by atoms with Gasteiger partial charge in [-0.1, -0.05) is 24.3 Å². The number of rotatable bonds is 2. The van der Waals surface area contributed by atoms with E-state index in [9.17, 15) is 13.2 Å². The summed E-state index contributed by atoms with van der Waals surface area (Å²) in [7, 11) is 0. The third-order valence-corrected chi connectivity index (χ3v) is 2.29. The summed E-state index contributed by atoms with van der Waals surface area (Å²) in [6.45, 7) is 0. The van der Waals surface area contributed by atoms with Gasteiger partial charge in [-0.2, -0.15) is 23.2 Å². The van der Waals surface area contributed by atoms with Crippen molar-refractivity contribution >= 4 is 17.4 Å². The maximum atomic E-state index is 12.5. The zero-order valence-corrected chi connectivity index (χ0v) is 9.72. The van der Waals surface area contributed by atoms with E-state index in [4.69, 9.17) is 0 Å². The molecule has 19 heavy (non-hydrogen) atoms. The molecular formula is C14H9F3N2. The van der Waals surface area contributed by atoms with Crippen molar-refractivity contribution in [2.45, 2.75) is 6.18 Å². The van der Waals surface area contributed by atoms with Gasteiger partial charge in [-0.3, -0.25) is 0 Å². The van der Waals surface area contributed by atoms with Crippen LogP contribution in [0.15, 0.2) is 64.6 Å². The Labute approximate surface area is 108 Å². The van der Waals surface area contributed by atoms with E-state index >= 15 is 0 Å². The lowest BCUT2D eigenvalue weighted by atomic mass is 10.2. The van der Waals surface area contributed by atoms with Crippen molar-refractivity contribution in [1.82, 2.24) is 0 Å². The van der Waals surface area contributed by atoms with Crippen molar-refractivity contribution in [3.8, 4) is 0 Å². The molecule has 96 valence electrons. The Bertz CT molecular complexity index is 612. The largest absolute Gasteiger partial charge is 0.416 e. The summed E-state index contributed by atoms with van der Waals surface area (Å²) < 4.78 is 37.4. The van der Waals surface area contributed by atoms with Gasteiger partial charge in [-0.25, -0.2) is 0 Å². The Hall–Kier alpha value is -2.39. The van der Waals surface area contributed by atoms with Gasteiger partial charge in [0.2, 0.25) is 0 Å². The Kier molecular flexibility index (Phi) is 3.78. The standard InChI is InChI=1S/C14H9F3N2/c15-14(16,17)11-5-4-8-13(9-11)19-10-18-12-6-2-1-3-7-12/h1-9H. The molecule has 2 nitrogen and oxygen atoms in total. The van der Waals surface area contributed by atoms with Crippen LogP contribution in [0.5, 0.6) is 0 Å². The molecule has 0 N–H and O–H groups in total. The lowest BCUT2D eigenvalue weighted by Gasteiger charge is -2.05. The second-order valence-electron chi connectivity index (χ2n) is 3.71. The summed E-state index contributed by atoms with van der Waals surface area (Å²) in [6.07, 6.45) is -4.37. The second-order valence-corrected chi connectivity index (χ2v) is 3.71. The Morgan fingerprint density at radius 2 is 1.42 bits per heavy atom. The highest BCUT2D eigenvalue weighted by Gasteiger charge is 2.30. The number of halogens is 3. The van der Waals surface area contributed by atoms with Gasteiger partial charge < -0.3 is 0 Å². The Morgan fingerprint density at radius 1 is 0.789 bits per heavy atom. The van der Waals surface area contributed by atoms with Crippen molar-refractivity contribution < 1.29 is 13.2 Å². The normalized spacial score (nSPS) is 10.7. The van der Waals surface area contributed by atoms with Crippen LogP contribution in [0.2, 0.25) is 0 Å². The van der Waals surface area contributed by atoms with Crippen LogP contribution in [0.4, 0.5) is 24.5 Å². The molecule has 0 fully saturated rings. The third kappa shape index (κ3) is 3.79. The molecule has 0 aliphatic carbocycles. The van der Waals surface area contributed by atoms with E-state index in [0.29, 0.717) is 5.69 Å². The number of alkyl halides is 3. The van der Waals surface area contributed by atoms with Gasteiger partial charge >= 0.3 is 6.18 Å².